The van der Waals surface area contributed by atoms with E-state index in [4.69, 9.17) is 9.47 Å². The summed E-state index contributed by atoms with van der Waals surface area (Å²) in [4.78, 5) is 52.3. The molecule has 1 aliphatic rings. The van der Waals surface area contributed by atoms with Crippen LogP contribution in [0, 0.1) is 11.8 Å². The molecular formula is C25H24O6. The second kappa shape index (κ2) is 9.98. The van der Waals surface area contributed by atoms with Gasteiger partial charge < -0.3 is 9.47 Å². The number of esters is 2. The van der Waals surface area contributed by atoms with Gasteiger partial charge in [-0.1, -0.05) is 60.7 Å². The van der Waals surface area contributed by atoms with Gasteiger partial charge in [0.25, 0.3) is 0 Å². The molecule has 31 heavy (non-hydrogen) atoms. The summed E-state index contributed by atoms with van der Waals surface area (Å²) < 4.78 is 10.2. The Balaban J connectivity index is 2.17. The van der Waals surface area contributed by atoms with E-state index < -0.39 is 29.6 Å². The Morgan fingerprint density at radius 3 is 2.03 bits per heavy atom. The first-order valence-electron chi connectivity index (χ1n) is 10.2. The number of hydrogen-bond donors (Lipinski definition) is 0. The van der Waals surface area contributed by atoms with Crippen molar-refractivity contribution in [3.63, 3.8) is 0 Å². The number of rotatable bonds is 7. The predicted molar refractivity (Wildman–Crippen MR) is 114 cm³/mol. The van der Waals surface area contributed by atoms with E-state index in [1.54, 1.807) is 68.4 Å². The lowest BCUT2D eigenvalue weighted by atomic mass is 9.70. The molecule has 0 bridgehead atoms. The summed E-state index contributed by atoms with van der Waals surface area (Å²) in [6.45, 7) is 3.39. The lowest BCUT2D eigenvalue weighted by molar-refractivity contribution is -0.153. The van der Waals surface area contributed by atoms with Gasteiger partial charge in [-0.05, 0) is 31.4 Å². The number of carbonyl (C=O) groups is 4. The maximum absolute atomic E-state index is 13.5. The molecule has 0 radical (unpaired) electrons. The molecule has 0 N–H and O–H groups in total. The molecule has 0 fully saturated rings. The molecule has 0 spiro atoms. The molecule has 3 rings (SSSR count). The van der Waals surface area contributed by atoms with E-state index in [2.05, 4.69) is 0 Å². The summed E-state index contributed by atoms with van der Waals surface area (Å²) in [5.74, 6) is -5.08. The summed E-state index contributed by atoms with van der Waals surface area (Å²) in [5.41, 5.74) is 1.23. The lowest BCUT2D eigenvalue weighted by Gasteiger charge is -2.31. The van der Waals surface area contributed by atoms with Crippen molar-refractivity contribution in [1.29, 1.82) is 0 Å². The number of Topliss-reactive ketones (excluding diaryl/α,β-unsaturated/α-hetero) is 2. The van der Waals surface area contributed by atoms with E-state index in [9.17, 15) is 19.2 Å². The smallest absolute Gasteiger partial charge is 0.342 e. The summed E-state index contributed by atoms with van der Waals surface area (Å²) in [7, 11) is 0. The molecule has 0 heterocycles. The maximum Gasteiger partial charge on any atom is 0.342 e. The molecule has 2 unspecified atom stereocenters. The first-order valence-corrected chi connectivity index (χ1v) is 10.2. The van der Waals surface area contributed by atoms with Crippen molar-refractivity contribution >= 4 is 29.1 Å². The summed E-state index contributed by atoms with van der Waals surface area (Å²) in [6.07, 6.45) is 0.0428. The fourth-order valence-electron chi connectivity index (χ4n) is 3.82. The van der Waals surface area contributed by atoms with Gasteiger partial charge in [-0.2, -0.15) is 0 Å². The van der Waals surface area contributed by atoms with Crippen molar-refractivity contribution in [3.8, 4) is 0 Å². The fraction of sp³-hybridized carbons (Fsp3) is 0.280. The molecule has 6 nitrogen and oxygen atoms in total. The highest BCUT2D eigenvalue weighted by molar-refractivity contribution is 6.29. The maximum atomic E-state index is 13.5. The Bertz CT molecular complexity index is 1010. The number of ketones is 2. The van der Waals surface area contributed by atoms with Gasteiger partial charge in [0, 0.05) is 11.5 Å². The van der Waals surface area contributed by atoms with Crippen LogP contribution in [-0.2, 0) is 23.9 Å². The highest BCUT2D eigenvalue weighted by Crippen LogP contribution is 2.40. The minimum atomic E-state index is -1.40. The van der Waals surface area contributed by atoms with Gasteiger partial charge in [0.1, 0.15) is 11.5 Å². The van der Waals surface area contributed by atoms with Crippen LogP contribution in [-0.4, -0.2) is 36.7 Å². The van der Waals surface area contributed by atoms with E-state index in [1.807, 2.05) is 6.07 Å². The molecule has 2 aromatic carbocycles. The molecule has 0 saturated heterocycles. The third kappa shape index (κ3) is 4.63. The molecule has 160 valence electrons. The number of ether oxygens (including phenoxy) is 2. The molecule has 0 aromatic heterocycles. The molecule has 0 amide bonds. The van der Waals surface area contributed by atoms with Crippen molar-refractivity contribution in [2.75, 3.05) is 13.2 Å². The van der Waals surface area contributed by atoms with E-state index in [-0.39, 0.29) is 31.0 Å². The SMILES string of the molecule is CCOC(=O)C1=C(c2ccccc2)CC(C(=O)c2ccccc2)C(C(=O)OCC)C1=O. The fourth-order valence-corrected chi connectivity index (χ4v) is 3.82. The van der Waals surface area contributed by atoms with Crippen LogP contribution >= 0.6 is 0 Å². The quantitative estimate of drug-likeness (QED) is 0.294. The van der Waals surface area contributed by atoms with Crippen molar-refractivity contribution < 1.29 is 28.7 Å². The zero-order valence-corrected chi connectivity index (χ0v) is 17.5. The minimum absolute atomic E-state index is 0.0428. The molecule has 2 atom stereocenters. The molecular weight excluding hydrogens is 396 g/mol. The third-order valence-corrected chi connectivity index (χ3v) is 5.19. The lowest BCUT2D eigenvalue weighted by Crippen LogP contribution is -2.43. The van der Waals surface area contributed by atoms with E-state index >= 15 is 0 Å². The van der Waals surface area contributed by atoms with Crippen LogP contribution in [0.2, 0.25) is 0 Å². The zero-order chi connectivity index (χ0) is 22.4. The summed E-state index contributed by atoms with van der Waals surface area (Å²) in [5, 5.41) is 0. The number of carbonyl (C=O) groups excluding carboxylic acids is 4. The van der Waals surface area contributed by atoms with Gasteiger partial charge in [-0.25, -0.2) is 4.79 Å². The highest BCUT2D eigenvalue weighted by Gasteiger charge is 2.48. The van der Waals surface area contributed by atoms with Crippen LogP contribution < -0.4 is 0 Å². The van der Waals surface area contributed by atoms with Gasteiger partial charge in [0.15, 0.2) is 11.6 Å². The van der Waals surface area contributed by atoms with Crippen molar-refractivity contribution in [2.45, 2.75) is 20.3 Å². The van der Waals surface area contributed by atoms with Crippen LogP contribution in [0.15, 0.2) is 66.2 Å². The molecule has 2 aromatic rings. The minimum Gasteiger partial charge on any atom is -0.465 e. The Hall–Kier alpha value is -3.54. The van der Waals surface area contributed by atoms with Crippen molar-refractivity contribution in [3.05, 3.63) is 77.4 Å². The topological polar surface area (TPSA) is 86.7 Å². The van der Waals surface area contributed by atoms with Gasteiger partial charge in [0.05, 0.1) is 13.2 Å². The first-order chi connectivity index (χ1) is 15.0. The second-order valence-electron chi connectivity index (χ2n) is 7.07. The molecule has 0 aliphatic heterocycles. The Morgan fingerprint density at radius 1 is 0.871 bits per heavy atom. The van der Waals surface area contributed by atoms with E-state index in [0.717, 1.165) is 0 Å². The van der Waals surface area contributed by atoms with Crippen molar-refractivity contribution in [1.82, 2.24) is 0 Å². The van der Waals surface area contributed by atoms with Crippen molar-refractivity contribution in [2.24, 2.45) is 11.8 Å². The van der Waals surface area contributed by atoms with E-state index in [0.29, 0.717) is 16.7 Å². The summed E-state index contributed by atoms with van der Waals surface area (Å²) >= 11 is 0. The third-order valence-electron chi connectivity index (χ3n) is 5.19. The van der Waals surface area contributed by atoms with Crippen LogP contribution in [0.25, 0.3) is 5.57 Å². The predicted octanol–water partition coefficient (Wildman–Crippen LogP) is 3.65. The number of allylic oxidation sites excluding steroid dienone is 1. The van der Waals surface area contributed by atoms with Crippen LogP contribution in [0.5, 0.6) is 0 Å². The molecule has 6 heteroatoms. The Labute approximate surface area is 180 Å². The van der Waals surface area contributed by atoms with Crippen LogP contribution in [0.3, 0.4) is 0 Å². The Morgan fingerprint density at radius 2 is 1.45 bits per heavy atom. The summed E-state index contributed by atoms with van der Waals surface area (Å²) in [6, 6.07) is 17.4. The highest BCUT2D eigenvalue weighted by atomic mass is 16.5. The van der Waals surface area contributed by atoms with Crippen LogP contribution in [0.1, 0.15) is 36.2 Å². The largest absolute Gasteiger partial charge is 0.465 e. The normalized spacial score (nSPS) is 18.5. The average Bonchev–Trinajstić information content (AvgIpc) is 2.79. The Kier molecular flexibility index (Phi) is 7.13. The second-order valence-corrected chi connectivity index (χ2v) is 7.07. The number of benzene rings is 2. The molecule has 1 aliphatic carbocycles. The monoisotopic (exact) mass is 420 g/mol. The zero-order valence-electron chi connectivity index (χ0n) is 17.5. The van der Waals surface area contributed by atoms with Gasteiger partial charge in [-0.15, -0.1) is 0 Å². The first kappa shape index (κ1) is 22.2. The van der Waals surface area contributed by atoms with Crippen LogP contribution in [0.4, 0.5) is 0 Å². The molecule has 0 saturated carbocycles. The standard InChI is InChI=1S/C25H24O6/c1-3-30-24(28)20-18(16-11-7-5-8-12-16)15-19(21(23(20)27)25(29)31-4-2)22(26)17-13-9-6-10-14-17/h5-14,19,21H,3-4,15H2,1-2H3. The van der Waals surface area contributed by atoms with E-state index in [1.165, 1.54) is 0 Å². The number of hydrogen-bond acceptors (Lipinski definition) is 6. The van der Waals surface area contributed by atoms with Gasteiger partial charge in [0.2, 0.25) is 0 Å². The van der Waals surface area contributed by atoms with Gasteiger partial charge in [-0.3, -0.25) is 14.4 Å². The van der Waals surface area contributed by atoms with Gasteiger partial charge >= 0.3 is 11.9 Å². The average molecular weight is 420 g/mol.